The van der Waals surface area contributed by atoms with Gasteiger partial charge in [0.05, 0.1) is 14.2 Å². The summed E-state index contributed by atoms with van der Waals surface area (Å²) in [4.78, 5) is 16.4. The first kappa shape index (κ1) is 16.8. The molecule has 128 valence electrons. The van der Waals surface area contributed by atoms with Crippen LogP contribution in [0.5, 0.6) is 11.5 Å². The maximum Gasteiger partial charge on any atom is 0.224 e. The molecule has 1 amide bonds. The van der Waals surface area contributed by atoms with Crippen LogP contribution in [0.1, 0.15) is 12.0 Å². The van der Waals surface area contributed by atoms with E-state index < -0.39 is 0 Å². The van der Waals surface area contributed by atoms with Crippen LogP contribution in [0.15, 0.2) is 54.9 Å². The van der Waals surface area contributed by atoms with Gasteiger partial charge in [0.15, 0.2) is 11.5 Å². The molecule has 0 aliphatic carbocycles. The number of benzene rings is 2. The molecule has 5 heteroatoms. The number of pyridine rings is 1. The third kappa shape index (κ3) is 3.88. The summed E-state index contributed by atoms with van der Waals surface area (Å²) in [5, 5.41) is 4.97. The number of nitrogens with one attached hydrogen (secondary N) is 1. The highest BCUT2D eigenvalue weighted by molar-refractivity contribution is 6.01. The molecule has 25 heavy (non-hydrogen) atoms. The predicted molar refractivity (Wildman–Crippen MR) is 98.2 cm³/mol. The largest absolute Gasteiger partial charge is 0.493 e. The molecule has 0 bridgehead atoms. The topological polar surface area (TPSA) is 60.5 Å². The normalized spacial score (nSPS) is 10.5. The lowest BCUT2D eigenvalue weighted by Gasteiger charge is -2.10. The summed E-state index contributed by atoms with van der Waals surface area (Å²) in [6.07, 6.45) is 4.52. The maximum absolute atomic E-state index is 12.3. The molecule has 1 heterocycles. The van der Waals surface area contributed by atoms with Crippen molar-refractivity contribution in [2.24, 2.45) is 0 Å². The van der Waals surface area contributed by atoms with Crippen molar-refractivity contribution in [3.8, 4) is 11.5 Å². The highest BCUT2D eigenvalue weighted by Gasteiger charge is 2.08. The molecule has 0 atom stereocenters. The maximum atomic E-state index is 12.3. The number of anilines is 1. The van der Waals surface area contributed by atoms with E-state index in [0.29, 0.717) is 24.3 Å². The summed E-state index contributed by atoms with van der Waals surface area (Å²) in [5.41, 5.74) is 1.83. The van der Waals surface area contributed by atoms with E-state index in [1.807, 2.05) is 42.5 Å². The Bertz CT molecular complexity index is 888. The minimum absolute atomic E-state index is 0.0286. The zero-order valence-corrected chi connectivity index (χ0v) is 14.3. The second-order valence-electron chi connectivity index (χ2n) is 5.64. The highest BCUT2D eigenvalue weighted by Crippen LogP contribution is 2.28. The number of fused-ring (bicyclic) bond motifs is 1. The van der Waals surface area contributed by atoms with Gasteiger partial charge in [0.25, 0.3) is 0 Å². The molecule has 0 radical (unpaired) electrons. The van der Waals surface area contributed by atoms with Crippen molar-refractivity contribution >= 4 is 22.4 Å². The Morgan fingerprint density at radius 1 is 1.08 bits per heavy atom. The van der Waals surface area contributed by atoms with Crippen LogP contribution in [0, 0.1) is 0 Å². The number of methoxy groups -OCH3 is 2. The second-order valence-corrected chi connectivity index (χ2v) is 5.64. The molecule has 0 unspecified atom stereocenters. The van der Waals surface area contributed by atoms with Crippen LogP contribution in [0.25, 0.3) is 10.8 Å². The fraction of sp³-hybridized carbons (Fsp3) is 0.200. The second kappa shape index (κ2) is 7.66. The van der Waals surface area contributed by atoms with Gasteiger partial charge in [0, 0.05) is 35.3 Å². The van der Waals surface area contributed by atoms with Crippen molar-refractivity contribution < 1.29 is 14.3 Å². The zero-order valence-electron chi connectivity index (χ0n) is 14.3. The minimum atomic E-state index is -0.0286. The van der Waals surface area contributed by atoms with Crippen LogP contribution in [-0.2, 0) is 11.2 Å². The number of rotatable bonds is 6. The number of hydrogen-bond acceptors (Lipinski definition) is 4. The average Bonchev–Trinajstić information content (AvgIpc) is 2.66. The lowest BCUT2D eigenvalue weighted by atomic mass is 10.1. The SMILES string of the molecule is COc1ccc(CCC(=O)Nc2cccc3cnccc23)cc1OC. The van der Waals surface area contributed by atoms with Gasteiger partial charge in [-0.2, -0.15) is 0 Å². The molecule has 0 fully saturated rings. The van der Waals surface area contributed by atoms with Crippen LogP contribution in [0.3, 0.4) is 0 Å². The first-order valence-corrected chi connectivity index (χ1v) is 8.05. The number of hydrogen-bond donors (Lipinski definition) is 1. The number of amides is 1. The zero-order chi connectivity index (χ0) is 17.6. The van der Waals surface area contributed by atoms with E-state index in [0.717, 1.165) is 22.0 Å². The van der Waals surface area contributed by atoms with Crippen LogP contribution in [-0.4, -0.2) is 25.1 Å². The van der Waals surface area contributed by atoms with Crippen LogP contribution in [0.2, 0.25) is 0 Å². The van der Waals surface area contributed by atoms with Crippen LogP contribution >= 0.6 is 0 Å². The van der Waals surface area contributed by atoms with Crippen molar-refractivity contribution in [3.63, 3.8) is 0 Å². The number of aromatic nitrogens is 1. The van der Waals surface area contributed by atoms with Gasteiger partial charge in [0.2, 0.25) is 5.91 Å². The molecule has 1 aromatic heterocycles. The van der Waals surface area contributed by atoms with E-state index in [4.69, 9.17) is 9.47 Å². The fourth-order valence-corrected chi connectivity index (χ4v) is 2.74. The number of carbonyl (C=O) groups excluding carboxylic acids is 1. The van der Waals surface area contributed by atoms with Gasteiger partial charge >= 0.3 is 0 Å². The van der Waals surface area contributed by atoms with Crippen LogP contribution in [0.4, 0.5) is 5.69 Å². The Balaban J connectivity index is 1.67. The van der Waals surface area contributed by atoms with E-state index in [9.17, 15) is 4.79 Å². The standard InChI is InChI=1S/C20H20N2O3/c1-24-18-8-6-14(12-19(18)25-2)7-9-20(23)22-17-5-3-4-15-13-21-11-10-16(15)17/h3-6,8,10-13H,7,9H2,1-2H3,(H,22,23). The van der Waals surface area contributed by atoms with E-state index in [1.165, 1.54) is 0 Å². The third-order valence-electron chi connectivity index (χ3n) is 4.04. The summed E-state index contributed by atoms with van der Waals surface area (Å²) in [7, 11) is 3.20. The first-order chi connectivity index (χ1) is 12.2. The average molecular weight is 336 g/mol. The smallest absolute Gasteiger partial charge is 0.224 e. The van der Waals surface area contributed by atoms with Crippen LogP contribution < -0.4 is 14.8 Å². The first-order valence-electron chi connectivity index (χ1n) is 8.05. The molecule has 3 rings (SSSR count). The van der Waals surface area contributed by atoms with Gasteiger partial charge in [-0.25, -0.2) is 0 Å². The van der Waals surface area contributed by atoms with Crippen molar-refractivity contribution in [2.75, 3.05) is 19.5 Å². The summed E-state index contributed by atoms with van der Waals surface area (Å²) in [6.45, 7) is 0. The molecule has 0 spiro atoms. The van der Waals surface area contributed by atoms with Gasteiger partial charge in [0.1, 0.15) is 0 Å². The van der Waals surface area contributed by atoms with Gasteiger partial charge in [-0.3, -0.25) is 9.78 Å². The monoisotopic (exact) mass is 336 g/mol. The number of nitrogens with zero attached hydrogens (tertiary/aromatic N) is 1. The Hall–Kier alpha value is -3.08. The Morgan fingerprint density at radius 3 is 2.72 bits per heavy atom. The lowest BCUT2D eigenvalue weighted by molar-refractivity contribution is -0.116. The number of aryl methyl sites for hydroxylation is 1. The summed E-state index contributed by atoms with van der Waals surface area (Å²) < 4.78 is 10.5. The van der Waals surface area contributed by atoms with E-state index in [1.54, 1.807) is 26.6 Å². The van der Waals surface area contributed by atoms with Crippen molar-refractivity contribution in [1.29, 1.82) is 0 Å². The quantitative estimate of drug-likeness (QED) is 0.743. The molecule has 0 saturated heterocycles. The molecule has 2 aromatic carbocycles. The summed E-state index contributed by atoms with van der Waals surface area (Å²) in [5.74, 6) is 1.32. The van der Waals surface area contributed by atoms with Gasteiger partial charge in [-0.05, 0) is 36.2 Å². The van der Waals surface area contributed by atoms with Crippen molar-refractivity contribution in [3.05, 3.63) is 60.4 Å². The Morgan fingerprint density at radius 2 is 1.92 bits per heavy atom. The molecule has 5 nitrogen and oxygen atoms in total. The third-order valence-corrected chi connectivity index (χ3v) is 4.04. The van der Waals surface area contributed by atoms with Gasteiger partial charge in [-0.15, -0.1) is 0 Å². The molecule has 0 saturated carbocycles. The fourth-order valence-electron chi connectivity index (χ4n) is 2.74. The summed E-state index contributed by atoms with van der Waals surface area (Å²) >= 11 is 0. The molecular weight excluding hydrogens is 316 g/mol. The van der Waals surface area contributed by atoms with E-state index in [-0.39, 0.29) is 5.91 Å². The van der Waals surface area contributed by atoms with Gasteiger partial charge < -0.3 is 14.8 Å². The Labute approximate surface area is 146 Å². The highest BCUT2D eigenvalue weighted by atomic mass is 16.5. The number of carbonyl (C=O) groups is 1. The van der Waals surface area contributed by atoms with Crippen molar-refractivity contribution in [1.82, 2.24) is 4.98 Å². The molecule has 0 aliphatic rings. The Kier molecular flexibility index (Phi) is 5.14. The predicted octanol–water partition coefficient (Wildman–Crippen LogP) is 3.82. The van der Waals surface area contributed by atoms with Crippen molar-refractivity contribution in [2.45, 2.75) is 12.8 Å². The molecule has 1 N–H and O–H groups in total. The molecule has 3 aromatic rings. The lowest BCUT2D eigenvalue weighted by Crippen LogP contribution is -2.12. The summed E-state index contributed by atoms with van der Waals surface area (Å²) in [6, 6.07) is 13.4. The van der Waals surface area contributed by atoms with E-state index >= 15 is 0 Å². The van der Waals surface area contributed by atoms with Gasteiger partial charge in [-0.1, -0.05) is 18.2 Å². The molecular formula is C20H20N2O3. The van der Waals surface area contributed by atoms with E-state index in [2.05, 4.69) is 10.3 Å². The number of ether oxygens (including phenoxy) is 2. The molecule has 0 aliphatic heterocycles. The minimum Gasteiger partial charge on any atom is -0.493 e.